The van der Waals surface area contributed by atoms with Gasteiger partial charge in [-0.25, -0.2) is 0 Å². The Bertz CT molecular complexity index is 878. The van der Waals surface area contributed by atoms with Gasteiger partial charge in [0.25, 0.3) is 0 Å². The number of ketones is 1. The lowest BCUT2D eigenvalue weighted by Gasteiger charge is -2.09. The summed E-state index contributed by atoms with van der Waals surface area (Å²) in [6.45, 7) is 4.63. The topological polar surface area (TPSA) is 69.7 Å². The monoisotopic (exact) mass is 380 g/mol. The van der Waals surface area contributed by atoms with E-state index in [4.69, 9.17) is 9.47 Å². The minimum atomic E-state index is -0.528. The minimum Gasteiger partial charge on any atom is -0.423 e. The number of carbonyl (C=O) groups is 3. The molecule has 0 amide bonds. The van der Waals surface area contributed by atoms with Crippen LogP contribution in [0.3, 0.4) is 0 Å². The van der Waals surface area contributed by atoms with Gasteiger partial charge in [0.05, 0.1) is 0 Å². The van der Waals surface area contributed by atoms with Crippen molar-refractivity contribution >= 4 is 23.8 Å². The van der Waals surface area contributed by atoms with Crippen molar-refractivity contribution in [2.24, 2.45) is 0 Å². The molecule has 2 aromatic carbocycles. The van der Waals surface area contributed by atoms with Gasteiger partial charge in [0.2, 0.25) is 0 Å². The van der Waals surface area contributed by atoms with Crippen LogP contribution in [0.1, 0.15) is 43.9 Å². The van der Waals surface area contributed by atoms with Crippen molar-refractivity contribution in [1.82, 2.24) is 0 Å². The molecule has 0 saturated carbocycles. The van der Waals surface area contributed by atoms with Crippen LogP contribution in [0.25, 0.3) is 6.08 Å². The molecule has 5 nitrogen and oxygen atoms in total. The standard InChI is InChI=1S/C23H24O5/c1-4-18-5-7-19(8-6-18)9-12-21(26)13-10-20-11-14-22(27-16(2)24)23(15-20)28-17(3)25/h5-8,10-11,13-15H,4,9,12H2,1-3H3/b13-10+. The van der Waals surface area contributed by atoms with Crippen molar-refractivity contribution in [2.45, 2.75) is 40.0 Å². The first kappa shape index (κ1) is 21.1. The van der Waals surface area contributed by atoms with Crippen LogP contribution in [0.2, 0.25) is 0 Å². The Morgan fingerprint density at radius 3 is 2.07 bits per heavy atom. The predicted molar refractivity (Wildman–Crippen MR) is 107 cm³/mol. The van der Waals surface area contributed by atoms with Crippen molar-refractivity contribution < 1.29 is 23.9 Å². The van der Waals surface area contributed by atoms with Crippen LogP contribution in [0.4, 0.5) is 0 Å². The summed E-state index contributed by atoms with van der Waals surface area (Å²) in [5.74, 6) is -0.758. The minimum absolute atomic E-state index is 0.00216. The normalized spacial score (nSPS) is 10.7. The van der Waals surface area contributed by atoms with E-state index in [-0.39, 0.29) is 17.3 Å². The molecule has 0 unspecified atom stereocenters. The number of aryl methyl sites for hydroxylation is 2. The highest BCUT2D eigenvalue weighted by atomic mass is 16.6. The van der Waals surface area contributed by atoms with E-state index >= 15 is 0 Å². The first-order chi connectivity index (χ1) is 13.4. The van der Waals surface area contributed by atoms with Crippen LogP contribution in [-0.2, 0) is 27.2 Å². The highest BCUT2D eigenvalue weighted by Crippen LogP contribution is 2.29. The SMILES string of the molecule is CCc1ccc(CCC(=O)/C=C/c2ccc(OC(C)=O)c(OC(C)=O)c2)cc1. The largest absolute Gasteiger partial charge is 0.423 e. The lowest BCUT2D eigenvalue weighted by Crippen LogP contribution is -2.07. The van der Waals surface area contributed by atoms with Crippen LogP contribution >= 0.6 is 0 Å². The number of carbonyl (C=O) groups excluding carboxylic acids is 3. The average Bonchev–Trinajstić information content (AvgIpc) is 2.66. The Labute approximate surface area is 165 Å². The first-order valence-corrected chi connectivity index (χ1v) is 9.17. The molecule has 5 heteroatoms. The second kappa shape index (κ2) is 10.2. The number of hydrogen-bond acceptors (Lipinski definition) is 5. The van der Waals surface area contributed by atoms with Gasteiger partial charge in [-0.05, 0) is 47.7 Å². The number of hydrogen-bond donors (Lipinski definition) is 0. The quantitative estimate of drug-likeness (QED) is 0.388. The third-order valence-electron chi connectivity index (χ3n) is 4.03. The Kier molecular flexibility index (Phi) is 7.69. The van der Waals surface area contributed by atoms with Crippen LogP contribution in [0, 0.1) is 0 Å². The van der Waals surface area contributed by atoms with E-state index in [1.807, 2.05) is 0 Å². The van der Waals surface area contributed by atoms with E-state index < -0.39 is 11.9 Å². The fourth-order valence-corrected chi connectivity index (χ4v) is 2.58. The molecular weight excluding hydrogens is 356 g/mol. The molecule has 28 heavy (non-hydrogen) atoms. The number of allylic oxidation sites excluding steroid dienone is 1. The molecule has 0 bridgehead atoms. The Morgan fingerprint density at radius 1 is 0.857 bits per heavy atom. The number of rotatable bonds is 8. The summed E-state index contributed by atoms with van der Waals surface area (Å²) in [6, 6.07) is 13.0. The van der Waals surface area contributed by atoms with Gasteiger partial charge in [0.15, 0.2) is 17.3 Å². The van der Waals surface area contributed by atoms with E-state index in [9.17, 15) is 14.4 Å². The maximum atomic E-state index is 12.1. The maximum absolute atomic E-state index is 12.1. The van der Waals surface area contributed by atoms with Crippen LogP contribution < -0.4 is 9.47 Å². The zero-order valence-corrected chi connectivity index (χ0v) is 16.4. The van der Waals surface area contributed by atoms with Gasteiger partial charge in [0, 0.05) is 20.3 Å². The van der Waals surface area contributed by atoms with Gasteiger partial charge in [-0.1, -0.05) is 43.3 Å². The van der Waals surface area contributed by atoms with Crippen molar-refractivity contribution in [3.8, 4) is 11.5 Å². The summed E-state index contributed by atoms with van der Waals surface area (Å²) >= 11 is 0. The third-order valence-corrected chi connectivity index (χ3v) is 4.03. The van der Waals surface area contributed by atoms with Gasteiger partial charge >= 0.3 is 11.9 Å². The second-order valence-electron chi connectivity index (χ2n) is 6.36. The van der Waals surface area contributed by atoms with Gasteiger partial charge in [-0.3, -0.25) is 14.4 Å². The molecule has 0 fully saturated rings. The second-order valence-corrected chi connectivity index (χ2v) is 6.36. The summed E-state index contributed by atoms with van der Waals surface area (Å²) in [5, 5.41) is 0. The van der Waals surface area contributed by atoms with Crippen LogP contribution in [-0.4, -0.2) is 17.7 Å². The van der Waals surface area contributed by atoms with E-state index in [1.165, 1.54) is 31.6 Å². The number of benzene rings is 2. The van der Waals surface area contributed by atoms with Gasteiger partial charge < -0.3 is 9.47 Å². The molecule has 0 spiro atoms. The average molecular weight is 380 g/mol. The van der Waals surface area contributed by atoms with E-state index in [0.717, 1.165) is 12.0 Å². The van der Waals surface area contributed by atoms with Crippen molar-refractivity contribution in [2.75, 3.05) is 0 Å². The van der Waals surface area contributed by atoms with E-state index in [2.05, 4.69) is 31.2 Å². The summed E-state index contributed by atoms with van der Waals surface area (Å²) in [6.07, 6.45) is 5.22. The smallest absolute Gasteiger partial charge is 0.308 e. The van der Waals surface area contributed by atoms with Gasteiger partial charge in [-0.15, -0.1) is 0 Å². The molecule has 0 aromatic heterocycles. The highest BCUT2D eigenvalue weighted by Gasteiger charge is 2.10. The van der Waals surface area contributed by atoms with Crippen LogP contribution in [0.5, 0.6) is 11.5 Å². The Hall–Kier alpha value is -3.21. The molecule has 2 aromatic rings. The maximum Gasteiger partial charge on any atom is 0.308 e. The third kappa shape index (κ3) is 6.83. The molecule has 146 valence electrons. The fourth-order valence-electron chi connectivity index (χ4n) is 2.58. The molecule has 0 N–H and O–H groups in total. The van der Waals surface area contributed by atoms with Gasteiger partial charge in [0.1, 0.15) is 0 Å². The molecule has 2 rings (SSSR count). The Balaban J connectivity index is 2.01. The molecule has 0 aliphatic rings. The number of esters is 2. The first-order valence-electron chi connectivity index (χ1n) is 9.17. The molecule has 0 aliphatic carbocycles. The van der Waals surface area contributed by atoms with E-state index in [0.29, 0.717) is 18.4 Å². The zero-order chi connectivity index (χ0) is 20.5. The summed E-state index contributed by atoms with van der Waals surface area (Å²) < 4.78 is 10.1. The zero-order valence-electron chi connectivity index (χ0n) is 16.4. The molecule has 0 radical (unpaired) electrons. The fraction of sp³-hybridized carbons (Fsp3) is 0.261. The van der Waals surface area contributed by atoms with Crippen molar-refractivity contribution in [3.05, 3.63) is 65.2 Å². The molecule has 0 saturated heterocycles. The summed E-state index contributed by atoms with van der Waals surface area (Å²) in [5.41, 5.74) is 3.06. The predicted octanol–water partition coefficient (Wildman–Crippen LogP) is 4.31. The van der Waals surface area contributed by atoms with Crippen molar-refractivity contribution in [1.29, 1.82) is 0 Å². The molecule has 0 aliphatic heterocycles. The lowest BCUT2D eigenvalue weighted by molar-refractivity contribution is -0.134. The van der Waals surface area contributed by atoms with Crippen LogP contribution in [0.15, 0.2) is 48.5 Å². The Morgan fingerprint density at radius 2 is 1.46 bits per heavy atom. The summed E-state index contributed by atoms with van der Waals surface area (Å²) in [7, 11) is 0. The molecular formula is C23H24O5. The molecule has 0 atom stereocenters. The number of ether oxygens (including phenoxy) is 2. The van der Waals surface area contributed by atoms with Crippen molar-refractivity contribution in [3.63, 3.8) is 0 Å². The van der Waals surface area contributed by atoms with E-state index in [1.54, 1.807) is 18.2 Å². The molecule has 0 heterocycles. The summed E-state index contributed by atoms with van der Waals surface area (Å²) in [4.78, 5) is 34.6. The highest BCUT2D eigenvalue weighted by molar-refractivity contribution is 5.93. The van der Waals surface area contributed by atoms with Gasteiger partial charge in [-0.2, -0.15) is 0 Å². The lowest BCUT2D eigenvalue weighted by atomic mass is 10.0.